The van der Waals surface area contributed by atoms with E-state index in [0.717, 1.165) is 60.7 Å². The summed E-state index contributed by atoms with van der Waals surface area (Å²) < 4.78 is 10.9. The number of likely N-dealkylation sites (tertiary alicyclic amines) is 1. The van der Waals surface area contributed by atoms with Gasteiger partial charge in [-0.2, -0.15) is 0 Å². The maximum Gasteiger partial charge on any atom is 0.251 e. The topological polar surface area (TPSA) is 80.3 Å². The minimum Gasteiger partial charge on any atom is -0.497 e. The minimum absolute atomic E-state index is 0.0773. The summed E-state index contributed by atoms with van der Waals surface area (Å²) in [7, 11) is 3.32. The number of hydrogen-bond donors (Lipinski definition) is 1. The molecule has 4 rings (SSSR count). The van der Waals surface area contributed by atoms with Gasteiger partial charge < -0.3 is 14.5 Å². The van der Waals surface area contributed by atoms with Gasteiger partial charge in [0, 0.05) is 42.2 Å². The summed E-state index contributed by atoms with van der Waals surface area (Å²) in [5.41, 5.74) is 2.60. The smallest absolute Gasteiger partial charge is 0.251 e. The Morgan fingerprint density at radius 2 is 1.93 bits per heavy atom. The second kappa shape index (κ2) is 9.09. The number of hydrogen-bond acceptors (Lipinski definition) is 6. The Morgan fingerprint density at radius 3 is 2.70 bits per heavy atom. The molecule has 3 aromatic rings. The maximum atomic E-state index is 12.4. The zero-order chi connectivity index (χ0) is 20.9. The molecule has 30 heavy (non-hydrogen) atoms. The molecule has 1 atom stereocenters. The molecule has 0 saturated carbocycles. The highest BCUT2D eigenvalue weighted by Crippen LogP contribution is 2.34. The quantitative estimate of drug-likeness (QED) is 0.674. The molecule has 0 spiro atoms. The molecule has 7 heteroatoms. The zero-order valence-corrected chi connectivity index (χ0v) is 17.3. The summed E-state index contributed by atoms with van der Waals surface area (Å²) in [5, 5.41) is 0. The summed E-state index contributed by atoms with van der Waals surface area (Å²) >= 11 is 0. The SMILES string of the molecule is COc1ccc(CN2CCCCC2c2cc(=O)[nH]c(-c3ccncc3)n2)c(OC)c1. The molecule has 1 N–H and O–H groups in total. The van der Waals surface area contributed by atoms with Gasteiger partial charge in [-0.05, 0) is 37.6 Å². The number of aromatic amines is 1. The van der Waals surface area contributed by atoms with Crippen LogP contribution in [0.15, 0.2) is 53.6 Å². The molecular formula is C23H26N4O3. The zero-order valence-electron chi connectivity index (χ0n) is 17.3. The summed E-state index contributed by atoms with van der Waals surface area (Å²) in [4.78, 5) is 26.5. The third-order valence-corrected chi connectivity index (χ3v) is 5.54. The first-order valence-corrected chi connectivity index (χ1v) is 10.1. The Bertz CT molecular complexity index is 1050. The number of methoxy groups -OCH3 is 2. The van der Waals surface area contributed by atoms with Crippen molar-refractivity contribution in [2.75, 3.05) is 20.8 Å². The van der Waals surface area contributed by atoms with Gasteiger partial charge >= 0.3 is 0 Å². The molecule has 1 unspecified atom stereocenters. The second-order valence-electron chi connectivity index (χ2n) is 7.41. The van der Waals surface area contributed by atoms with Crippen molar-refractivity contribution in [3.63, 3.8) is 0 Å². The monoisotopic (exact) mass is 406 g/mol. The molecule has 3 heterocycles. The van der Waals surface area contributed by atoms with Gasteiger partial charge in [0.25, 0.3) is 5.56 Å². The van der Waals surface area contributed by atoms with E-state index in [0.29, 0.717) is 5.82 Å². The second-order valence-corrected chi connectivity index (χ2v) is 7.41. The van der Waals surface area contributed by atoms with Crippen LogP contribution in [0.25, 0.3) is 11.4 Å². The van der Waals surface area contributed by atoms with Crippen molar-refractivity contribution in [1.82, 2.24) is 19.9 Å². The molecule has 1 aliphatic rings. The van der Waals surface area contributed by atoms with Crippen LogP contribution in [0.5, 0.6) is 11.5 Å². The van der Waals surface area contributed by atoms with Crippen molar-refractivity contribution in [3.8, 4) is 22.9 Å². The summed E-state index contributed by atoms with van der Waals surface area (Å²) in [5.74, 6) is 2.14. The predicted octanol–water partition coefficient (Wildman–Crippen LogP) is 3.58. The van der Waals surface area contributed by atoms with Crippen molar-refractivity contribution in [2.24, 2.45) is 0 Å². The lowest BCUT2D eigenvalue weighted by Crippen LogP contribution is -2.34. The minimum atomic E-state index is -0.139. The molecule has 0 amide bonds. The molecule has 0 bridgehead atoms. The van der Waals surface area contributed by atoms with Crippen molar-refractivity contribution in [1.29, 1.82) is 0 Å². The van der Waals surface area contributed by atoms with Crippen LogP contribution in [0.3, 0.4) is 0 Å². The Labute approximate surface area is 175 Å². The van der Waals surface area contributed by atoms with E-state index >= 15 is 0 Å². The number of pyridine rings is 1. The lowest BCUT2D eigenvalue weighted by molar-refractivity contribution is 0.136. The molecule has 7 nitrogen and oxygen atoms in total. The fraction of sp³-hybridized carbons (Fsp3) is 0.348. The highest BCUT2D eigenvalue weighted by atomic mass is 16.5. The van der Waals surface area contributed by atoms with Gasteiger partial charge in [0.05, 0.1) is 26.0 Å². The maximum absolute atomic E-state index is 12.4. The van der Waals surface area contributed by atoms with Crippen molar-refractivity contribution in [3.05, 3.63) is 70.4 Å². The van der Waals surface area contributed by atoms with Crippen molar-refractivity contribution >= 4 is 0 Å². The number of aromatic nitrogens is 3. The molecule has 0 radical (unpaired) electrons. The number of H-pyrrole nitrogens is 1. The summed E-state index contributed by atoms with van der Waals surface area (Å²) in [6.45, 7) is 1.66. The van der Waals surface area contributed by atoms with Gasteiger partial charge in [-0.25, -0.2) is 4.98 Å². The van der Waals surface area contributed by atoms with E-state index in [1.165, 1.54) is 0 Å². The lowest BCUT2D eigenvalue weighted by Gasteiger charge is -2.35. The highest BCUT2D eigenvalue weighted by molar-refractivity contribution is 5.53. The predicted molar refractivity (Wildman–Crippen MR) is 115 cm³/mol. The molecule has 0 aliphatic carbocycles. The van der Waals surface area contributed by atoms with Gasteiger partial charge in [0.1, 0.15) is 17.3 Å². The third kappa shape index (κ3) is 4.36. The first-order valence-electron chi connectivity index (χ1n) is 10.1. The van der Waals surface area contributed by atoms with E-state index < -0.39 is 0 Å². The van der Waals surface area contributed by atoms with Crippen LogP contribution in [0.1, 0.15) is 36.6 Å². The average Bonchev–Trinajstić information content (AvgIpc) is 2.80. The molecule has 1 fully saturated rings. The van der Waals surface area contributed by atoms with Crippen LogP contribution < -0.4 is 15.0 Å². The first kappa shape index (κ1) is 20.1. The first-order chi connectivity index (χ1) is 14.7. The molecule has 1 saturated heterocycles. The average molecular weight is 406 g/mol. The van der Waals surface area contributed by atoms with E-state index in [9.17, 15) is 4.79 Å². The van der Waals surface area contributed by atoms with Crippen LogP contribution in [0.2, 0.25) is 0 Å². The summed E-state index contributed by atoms with van der Waals surface area (Å²) in [6, 6.07) is 11.3. The Morgan fingerprint density at radius 1 is 1.10 bits per heavy atom. The Hall–Kier alpha value is -3.19. The van der Waals surface area contributed by atoms with Gasteiger partial charge in [-0.1, -0.05) is 12.5 Å². The van der Waals surface area contributed by atoms with E-state index in [1.54, 1.807) is 32.7 Å². The van der Waals surface area contributed by atoms with Gasteiger partial charge in [-0.3, -0.25) is 14.7 Å². The normalized spacial score (nSPS) is 16.9. The molecular weight excluding hydrogens is 380 g/mol. The van der Waals surface area contributed by atoms with E-state index in [4.69, 9.17) is 14.5 Å². The molecule has 1 aromatic carbocycles. The van der Waals surface area contributed by atoms with Gasteiger partial charge in [0.15, 0.2) is 0 Å². The van der Waals surface area contributed by atoms with E-state index in [1.807, 2.05) is 30.3 Å². The fourth-order valence-electron chi connectivity index (χ4n) is 4.01. The van der Waals surface area contributed by atoms with Crippen LogP contribution in [0.4, 0.5) is 0 Å². The fourth-order valence-corrected chi connectivity index (χ4v) is 4.01. The molecule has 2 aromatic heterocycles. The van der Waals surface area contributed by atoms with E-state index in [-0.39, 0.29) is 11.6 Å². The molecule has 1 aliphatic heterocycles. The Kier molecular flexibility index (Phi) is 6.09. The number of nitrogens with one attached hydrogen (secondary N) is 1. The third-order valence-electron chi connectivity index (χ3n) is 5.54. The summed E-state index contributed by atoms with van der Waals surface area (Å²) in [6.07, 6.45) is 6.59. The van der Waals surface area contributed by atoms with Crippen LogP contribution in [-0.4, -0.2) is 40.6 Å². The number of piperidine rings is 1. The number of ether oxygens (including phenoxy) is 2. The van der Waals surface area contributed by atoms with Crippen LogP contribution in [0, 0.1) is 0 Å². The Balaban J connectivity index is 1.65. The van der Waals surface area contributed by atoms with Gasteiger partial charge in [-0.15, -0.1) is 0 Å². The number of rotatable bonds is 6. The molecule has 156 valence electrons. The van der Waals surface area contributed by atoms with Gasteiger partial charge in [0.2, 0.25) is 0 Å². The number of benzene rings is 1. The van der Waals surface area contributed by atoms with Crippen molar-refractivity contribution in [2.45, 2.75) is 31.8 Å². The van der Waals surface area contributed by atoms with Crippen LogP contribution >= 0.6 is 0 Å². The number of nitrogens with zero attached hydrogens (tertiary/aromatic N) is 3. The van der Waals surface area contributed by atoms with E-state index in [2.05, 4.69) is 14.9 Å². The van der Waals surface area contributed by atoms with Crippen molar-refractivity contribution < 1.29 is 9.47 Å². The largest absolute Gasteiger partial charge is 0.497 e. The standard InChI is InChI=1S/C23H26N4O3/c1-29-18-7-6-17(21(13-18)30-2)15-27-12-4-3-5-20(27)19-14-22(28)26-23(25-19)16-8-10-24-11-9-16/h6-11,13-14,20H,3-5,12,15H2,1-2H3,(H,25,26,28). The van der Waals surface area contributed by atoms with Crippen LogP contribution in [-0.2, 0) is 6.54 Å². The highest BCUT2D eigenvalue weighted by Gasteiger charge is 2.27. The lowest BCUT2D eigenvalue weighted by atomic mass is 9.98.